The van der Waals surface area contributed by atoms with E-state index in [0.717, 1.165) is 11.3 Å². The molecule has 0 spiro atoms. The molecule has 0 unspecified atom stereocenters. The van der Waals surface area contributed by atoms with Gasteiger partial charge in [-0.3, -0.25) is 0 Å². The zero-order valence-corrected chi connectivity index (χ0v) is 13.9. The normalized spacial score (nSPS) is 10.6. The Kier molecular flexibility index (Phi) is 4.57. The summed E-state index contributed by atoms with van der Waals surface area (Å²) in [6.07, 6.45) is 0. The molecule has 0 bridgehead atoms. The molecule has 0 saturated carbocycles. The number of rotatable bonds is 5. The summed E-state index contributed by atoms with van der Waals surface area (Å²) in [5.41, 5.74) is 1.66. The number of hydrogen-bond donors (Lipinski definition) is 1. The highest BCUT2D eigenvalue weighted by molar-refractivity contribution is 9.10. The molecule has 0 aliphatic heterocycles. The molecule has 0 atom stereocenters. The summed E-state index contributed by atoms with van der Waals surface area (Å²) in [6.45, 7) is 0.560. The van der Waals surface area contributed by atoms with Gasteiger partial charge in [0, 0.05) is 6.54 Å². The quantitative estimate of drug-likeness (QED) is 0.735. The van der Waals surface area contributed by atoms with Gasteiger partial charge in [0.05, 0.1) is 12.8 Å². The smallest absolute Gasteiger partial charge is 0.227 e. The number of methoxy groups -OCH3 is 1. The number of nitrogens with zero attached hydrogens (tertiary/aromatic N) is 3. The molecule has 118 valence electrons. The largest absolute Gasteiger partial charge is 0.497 e. The van der Waals surface area contributed by atoms with E-state index in [-0.39, 0.29) is 5.82 Å². The molecular weight excluding hydrogens is 363 g/mol. The first kappa shape index (κ1) is 15.5. The monoisotopic (exact) mass is 376 g/mol. The van der Waals surface area contributed by atoms with Crippen molar-refractivity contribution in [2.24, 2.45) is 0 Å². The third-order valence-electron chi connectivity index (χ3n) is 3.24. The predicted molar refractivity (Wildman–Crippen MR) is 89.3 cm³/mol. The van der Waals surface area contributed by atoms with Crippen LogP contribution < -0.4 is 10.1 Å². The maximum Gasteiger partial charge on any atom is 0.227 e. The Hall–Kier alpha value is -2.41. The van der Waals surface area contributed by atoms with Gasteiger partial charge in [0.15, 0.2) is 0 Å². The van der Waals surface area contributed by atoms with E-state index in [1.54, 1.807) is 23.9 Å². The highest BCUT2D eigenvalue weighted by Gasteiger charge is 2.10. The molecule has 5 nitrogen and oxygen atoms in total. The van der Waals surface area contributed by atoms with Crippen molar-refractivity contribution in [2.45, 2.75) is 6.54 Å². The van der Waals surface area contributed by atoms with Crippen LogP contribution in [0, 0.1) is 5.82 Å². The molecule has 0 aliphatic carbocycles. The lowest BCUT2D eigenvalue weighted by atomic mass is 10.2. The summed E-state index contributed by atoms with van der Waals surface area (Å²) in [5.74, 6) is 1.01. The van der Waals surface area contributed by atoms with Crippen LogP contribution in [0.15, 0.2) is 53.3 Å². The van der Waals surface area contributed by atoms with Crippen molar-refractivity contribution in [3.63, 3.8) is 0 Å². The number of ether oxygens (including phenoxy) is 1. The molecule has 0 saturated heterocycles. The maximum atomic E-state index is 13.4. The molecule has 0 aliphatic rings. The number of benzene rings is 2. The molecule has 3 rings (SSSR count). The summed E-state index contributed by atoms with van der Waals surface area (Å²) in [5, 5.41) is 7.44. The van der Waals surface area contributed by atoms with Crippen LogP contribution in [0.2, 0.25) is 0 Å². The van der Waals surface area contributed by atoms with Crippen LogP contribution >= 0.6 is 15.9 Å². The zero-order valence-electron chi connectivity index (χ0n) is 12.3. The number of nitrogens with one attached hydrogen (secondary N) is 1. The van der Waals surface area contributed by atoms with E-state index >= 15 is 0 Å². The molecule has 1 N–H and O–H groups in total. The minimum Gasteiger partial charge on any atom is -0.497 e. The van der Waals surface area contributed by atoms with Crippen molar-refractivity contribution >= 4 is 21.9 Å². The van der Waals surface area contributed by atoms with Gasteiger partial charge in [-0.15, -0.1) is 5.10 Å². The Morgan fingerprint density at radius 1 is 1.22 bits per heavy atom. The van der Waals surface area contributed by atoms with Gasteiger partial charge in [-0.2, -0.15) is 9.67 Å². The Bertz CT molecular complexity index is 804. The third-order valence-corrected chi connectivity index (χ3v) is 3.58. The summed E-state index contributed by atoms with van der Waals surface area (Å²) >= 11 is 3.25. The molecule has 2 aromatic carbocycles. The number of aromatic nitrogens is 3. The van der Waals surface area contributed by atoms with E-state index in [4.69, 9.17) is 4.74 Å². The Morgan fingerprint density at radius 2 is 2.00 bits per heavy atom. The van der Waals surface area contributed by atoms with Crippen molar-refractivity contribution in [1.82, 2.24) is 14.8 Å². The fourth-order valence-electron chi connectivity index (χ4n) is 2.11. The van der Waals surface area contributed by atoms with Gasteiger partial charge < -0.3 is 10.1 Å². The predicted octanol–water partition coefficient (Wildman–Crippen LogP) is 3.79. The number of anilines is 1. The molecule has 0 radical (unpaired) electrons. The van der Waals surface area contributed by atoms with Gasteiger partial charge >= 0.3 is 0 Å². The standard InChI is InChI=1S/C16H14BrFN4O/c1-23-14-7-5-11(6-8-14)10-19-16-20-15(17)21-22(16)13-4-2-3-12(18)9-13/h2-9H,10H2,1H3,(H,19,20,21). The minimum atomic E-state index is -0.324. The fourth-order valence-corrected chi connectivity index (χ4v) is 2.44. The van der Waals surface area contributed by atoms with Gasteiger partial charge in [-0.05, 0) is 51.8 Å². The van der Waals surface area contributed by atoms with Crippen LogP contribution in [0.25, 0.3) is 5.69 Å². The zero-order chi connectivity index (χ0) is 16.2. The van der Waals surface area contributed by atoms with E-state index in [1.807, 2.05) is 24.3 Å². The summed E-state index contributed by atoms with van der Waals surface area (Å²) in [7, 11) is 1.63. The van der Waals surface area contributed by atoms with Crippen molar-refractivity contribution in [2.75, 3.05) is 12.4 Å². The van der Waals surface area contributed by atoms with Crippen LogP contribution in [-0.4, -0.2) is 21.9 Å². The summed E-state index contributed by atoms with van der Waals surface area (Å²) in [6, 6.07) is 13.9. The lowest BCUT2D eigenvalue weighted by molar-refractivity contribution is 0.414. The average molecular weight is 377 g/mol. The first-order valence-electron chi connectivity index (χ1n) is 6.91. The summed E-state index contributed by atoms with van der Waals surface area (Å²) in [4.78, 5) is 4.28. The van der Waals surface area contributed by atoms with Gasteiger partial charge in [0.2, 0.25) is 10.7 Å². The fraction of sp³-hybridized carbons (Fsp3) is 0.125. The lowest BCUT2D eigenvalue weighted by Gasteiger charge is -2.09. The van der Waals surface area contributed by atoms with Crippen LogP contribution in [0.1, 0.15) is 5.56 Å². The maximum absolute atomic E-state index is 13.4. The molecule has 7 heteroatoms. The van der Waals surface area contributed by atoms with Crippen molar-refractivity contribution in [3.8, 4) is 11.4 Å². The Labute approximate surface area is 141 Å². The van der Waals surface area contributed by atoms with E-state index in [2.05, 4.69) is 31.3 Å². The number of hydrogen-bond acceptors (Lipinski definition) is 4. The second-order valence-electron chi connectivity index (χ2n) is 4.80. The summed E-state index contributed by atoms with van der Waals surface area (Å²) < 4.78 is 20.5. The minimum absolute atomic E-state index is 0.324. The topological polar surface area (TPSA) is 52.0 Å². The first-order valence-corrected chi connectivity index (χ1v) is 7.70. The van der Waals surface area contributed by atoms with Gasteiger partial charge in [-0.25, -0.2) is 4.39 Å². The van der Waals surface area contributed by atoms with E-state index < -0.39 is 0 Å². The van der Waals surface area contributed by atoms with Gasteiger partial charge in [0.25, 0.3) is 0 Å². The second kappa shape index (κ2) is 6.78. The van der Waals surface area contributed by atoms with E-state index in [9.17, 15) is 4.39 Å². The van der Waals surface area contributed by atoms with E-state index in [1.165, 1.54) is 12.1 Å². The Balaban J connectivity index is 1.80. The third kappa shape index (κ3) is 3.68. The van der Waals surface area contributed by atoms with Crippen LogP contribution in [0.4, 0.5) is 10.3 Å². The van der Waals surface area contributed by atoms with Crippen LogP contribution in [0.3, 0.4) is 0 Å². The van der Waals surface area contributed by atoms with E-state index in [0.29, 0.717) is 22.9 Å². The molecule has 3 aromatic rings. The molecule has 0 amide bonds. The highest BCUT2D eigenvalue weighted by Crippen LogP contribution is 2.19. The van der Waals surface area contributed by atoms with Crippen molar-refractivity contribution < 1.29 is 9.13 Å². The van der Waals surface area contributed by atoms with Gasteiger partial charge in [0.1, 0.15) is 11.6 Å². The first-order chi connectivity index (χ1) is 11.2. The SMILES string of the molecule is COc1ccc(CNc2nc(Br)nn2-c2cccc(F)c2)cc1. The second-order valence-corrected chi connectivity index (χ2v) is 5.51. The lowest BCUT2D eigenvalue weighted by Crippen LogP contribution is -2.07. The molecule has 23 heavy (non-hydrogen) atoms. The molecule has 0 fully saturated rings. The van der Waals surface area contributed by atoms with Crippen molar-refractivity contribution in [1.29, 1.82) is 0 Å². The van der Waals surface area contributed by atoms with Crippen LogP contribution in [-0.2, 0) is 6.54 Å². The Morgan fingerprint density at radius 3 is 2.70 bits per heavy atom. The molecule has 1 aromatic heterocycles. The molecule has 1 heterocycles. The molecular formula is C16H14BrFN4O. The van der Waals surface area contributed by atoms with Crippen molar-refractivity contribution in [3.05, 3.63) is 64.6 Å². The van der Waals surface area contributed by atoms with Crippen LogP contribution in [0.5, 0.6) is 5.75 Å². The van der Waals surface area contributed by atoms with Gasteiger partial charge in [-0.1, -0.05) is 18.2 Å². The average Bonchev–Trinajstić information content (AvgIpc) is 2.94. The number of halogens is 2. The highest BCUT2D eigenvalue weighted by atomic mass is 79.9.